The summed E-state index contributed by atoms with van der Waals surface area (Å²) in [4.78, 5) is 31.3. The van der Waals surface area contributed by atoms with E-state index >= 15 is 0 Å². The van der Waals surface area contributed by atoms with Crippen molar-refractivity contribution in [1.82, 2.24) is 9.88 Å². The van der Waals surface area contributed by atoms with E-state index in [1.165, 1.54) is 26.4 Å². The average molecular weight is 399 g/mol. The van der Waals surface area contributed by atoms with Crippen molar-refractivity contribution < 1.29 is 32.0 Å². The number of anilines is 1. The molecular weight excluding hydrogens is 378 g/mol. The van der Waals surface area contributed by atoms with Gasteiger partial charge in [-0.25, -0.2) is 14.6 Å². The van der Waals surface area contributed by atoms with Crippen LogP contribution in [0.4, 0.5) is 5.69 Å². The minimum Gasteiger partial charge on any atom is -0.464 e. The summed E-state index contributed by atoms with van der Waals surface area (Å²) in [6.45, 7) is 2.64. The summed E-state index contributed by atoms with van der Waals surface area (Å²) in [5, 5.41) is 0. The van der Waals surface area contributed by atoms with Crippen molar-refractivity contribution in [3.8, 4) is 0 Å². The Hall–Kier alpha value is -2.66. The molecular formula is C16H21N3O7S. The maximum atomic E-state index is 11.8. The maximum Gasteiger partial charge on any atom is 0.356 e. The van der Waals surface area contributed by atoms with E-state index in [-0.39, 0.29) is 23.6 Å². The Kier molecular flexibility index (Phi) is 6.39. The van der Waals surface area contributed by atoms with Gasteiger partial charge in [0.05, 0.1) is 26.6 Å². The normalized spacial score (nSPS) is 14.1. The topological polar surface area (TPSA) is 126 Å². The van der Waals surface area contributed by atoms with Crippen LogP contribution in [0.3, 0.4) is 0 Å². The zero-order valence-electron chi connectivity index (χ0n) is 15.2. The van der Waals surface area contributed by atoms with Gasteiger partial charge in [0, 0.05) is 24.1 Å². The van der Waals surface area contributed by atoms with Gasteiger partial charge >= 0.3 is 11.9 Å². The number of hydrogen-bond acceptors (Lipinski definition) is 9. The Morgan fingerprint density at radius 3 is 2.22 bits per heavy atom. The number of allylic oxidation sites excluding steroid dienone is 1. The lowest BCUT2D eigenvalue weighted by atomic mass is 10.2. The van der Waals surface area contributed by atoms with Gasteiger partial charge in [0.1, 0.15) is 0 Å². The zero-order chi connectivity index (χ0) is 20.2. The van der Waals surface area contributed by atoms with Crippen molar-refractivity contribution >= 4 is 27.7 Å². The first kappa shape index (κ1) is 20.6. The van der Waals surface area contributed by atoms with E-state index in [9.17, 15) is 18.0 Å². The number of carbonyl (C=O) groups is 2. The third-order valence-electron chi connectivity index (χ3n) is 3.93. The quantitative estimate of drug-likeness (QED) is 0.521. The van der Waals surface area contributed by atoms with Crippen LogP contribution in [0.2, 0.25) is 0 Å². The van der Waals surface area contributed by atoms with Gasteiger partial charge < -0.3 is 19.3 Å². The SMILES string of the molecule is COC(=O)c1cc(N2C=C(C)N(CCCS(=O)(=O)O)C2)cc(C(=O)OC)n1. The number of pyridine rings is 1. The fraction of sp³-hybridized carbons (Fsp3) is 0.438. The predicted octanol–water partition coefficient (Wildman–Crippen LogP) is 0.873. The van der Waals surface area contributed by atoms with Crippen LogP contribution in [0.5, 0.6) is 0 Å². The first-order chi connectivity index (χ1) is 12.6. The molecule has 1 aromatic heterocycles. The molecule has 1 aliphatic heterocycles. The highest BCUT2D eigenvalue weighted by Gasteiger charge is 2.23. The number of rotatable bonds is 7. The highest BCUT2D eigenvalue weighted by Crippen LogP contribution is 2.25. The molecule has 0 saturated heterocycles. The zero-order valence-corrected chi connectivity index (χ0v) is 16.0. The monoisotopic (exact) mass is 399 g/mol. The van der Waals surface area contributed by atoms with Gasteiger partial charge in [-0.05, 0) is 25.5 Å². The molecule has 0 unspecified atom stereocenters. The molecule has 2 heterocycles. The van der Waals surface area contributed by atoms with Crippen LogP contribution in [0.25, 0.3) is 0 Å². The van der Waals surface area contributed by atoms with Crippen LogP contribution in [-0.4, -0.2) is 68.0 Å². The second-order valence-electron chi connectivity index (χ2n) is 5.86. The summed E-state index contributed by atoms with van der Waals surface area (Å²) in [5.74, 6) is -1.70. The van der Waals surface area contributed by atoms with Gasteiger partial charge in [-0.1, -0.05) is 0 Å². The number of methoxy groups -OCH3 is 2. The Bertz CT molecular complexity index is 833. The van der Waals surface area contributed by atoms with Crippen LogP contribution in [0, 0.1) is 0 Å². The van der Waals surface area contributed by atoms with Crippen molar-refractivity contribution in [2.75, 3.05) is 38.1 Å². The molecule has 0 radical (unpaired) electrons. The van der Waals surface area contributed by atoms with Gasteiger partial charge in [-0.3, -0.25) is 4.55 Å². The molecule has 2 rings (SSSR count). The second-order valence-corrected chi connectivity index (χ2v) is 7.44. The minimum absolute atomic E-state index is 0.0359. The third-order valence-corrected chi connectivity index (χ3v) is 4.73. The molecule has 1 aromatic rings. The first-order valence-electron chi connectivity index (χ1n) is 7.98. The smallest absolute Gasteiger partial charge is 0.356 e. The van der Waals surface area contributed by atoms with E-state index in [1.807, 2.05) is 11.8 Å². The molecule has 0 spiro atoms. The minimum atomic E-state index is -4.01. The molecule has 0 aliphatic carbocycles. The van der Waals surface area contributed by atoms with Gasteiger partial charge in [-0.2, -0.15) is 8.42 Å². The largest absolute Gasteiger partial charge is 0.464 e. The number of ether oxygens (including phenoxy) is 2. The molecule has 0 atom stereocenters. The van der Waals surface area contributed by atoms with Crippen molar-refractivity contribution in [3.05, 3.63) is 35.4 Å². The van der Waals surface area contributed by atoms with E-state index in [1.54, 1.807) is 11.1 Å². The van der Waals surface area contributed by atoms with Crippen molar-refractivity contribution in [2.45, 2.75) is 13.3 Å². The standard InChI is InChI=1S/C16H21N3O7S/c1-11-9-19(10-18(11)5-4-6-27(22,23)24)12-7-13(15(20)25-2)17-14(8-12)16(21)26-3/h7-9H,4-6,10H2,1-3H3,(H,22,23,24). The van der Waals surface area contributed by atoms with E-state index in [0.717, 1.165) is 5.70 Å². The van der Waals surface area contributed by atoms with Crippen LogP contribution >= 0.6 is 0 Å². The van der Waals surface area contributed by atoms with Gasteiger partial charge in [0.2, 0.25) is 0 Å². The van der Waals surface area contributed by atoms with Crippen LogP contribution in [0.1, 0.15) is 34.3 Å². The van der Waals surface area contributed by atoms with Crippen molar-refractivity contribution in [1.29, 1.82) is 0 Å². The van der Waals surface area contributed by atoms with E-state index in [2.05, 4.69) is 14.5 Å². The summed E-state index contributed by atoms with van der Waals surface area (Å²) in [6, 6.07) is 2.98. The van der Waals surface area contributed by atoms with Crippen LogP contribution in [0.15, 0.2) is 24.0 Å². The molecule has 0 fully saturated rings. The van der Waals surface area contributed by atoms with Gasteiger partial charge in [0.15, 0.2) is 11.4 Å². The number of esters is 2. The molecule has 0 saturated carbocycles. The summed E-state index contributed by atoms with van der Waals surface area (Å²) in [7, 11) is -1.58. The molecule has 11 heteroatoms. The Labute approximate surface area is 157 Å². The molecule has 0 aromatic carbocycles. The summed E-state index contributed by atoms with van der Waals surface area (Å²) in [6.07, 6.45) is 2.06. The van der Waals surface area contributed by atoms with Crippen LogP contribution < -0.4 is 4.90 Å². The second kappa shape index (κ2) is 8.35. The van der Waals surface area contributed by atoms with E-state index in [4.69, 9.17) is 4.55 Å². The van der Waals surface area contributed by atoms with Crippen molar-refractivity contribution in [2.24, 2.45) is 0 Å². The number of carbonyl (C=O) groups excluding carboxylic acids is 2. The molecule has 1 aliphatic rings. The summed E-state index contributed by atoms with van der Waals surface area (Å²) in [5.41, 5.74) is 1.32. The lowest BCUT2D eigenvalue weighted by Gasteiger charge is -2.23. The lowest BCUT2D eigenvalue weighted by Crippen LogP contribution is -2.28. The molecule has 148 valence electrons. The fourth-order valence-electron chi connectivity index (χ4n) is 2.58. The van der Waals surface area contributed by atoms with E-state index in [0.29, 0.717) is 18.9 Å². The van der Waals surface area contributed by atoms with Gasteiger partial charge in [0.25, 0.3) is 10.1 Å². The first-order valence-corrected chi connectivity index (χ1v) is 9.59. The van der Waals surface area contributed by atoms with Crippen molar-refractivity contribution in [3.63, 3.8) is 0 Å². The Morgan fingerprint density at radius 2 is 1.74 bits per heavy atom. The molecule has 1 N–H and O–H groups in total. The third kappa shape index (κ3) is 5.41. The van der Waals surface area contributed by atoms with Crippen LogP contribution in [-0.2, 0) is 19.6 Å². The molecule has 0 amide bonds. The molecule has 27 heavy (non-hydrogen) atoms. The average Bonchev–Trinajstić information content (AvgIpc) is 2.99. The molecule has 0 bridgehead atoms. The summed E-state index contributed by atoms with van der Waals surface area (Å²) < 4.78 is 39.9. The van der Waals surface area contributed by atoms with E-state index < -0.39 is 22.1 Å². The number of nitrogens with zero attached hydrogens (tertiary/aromatic N) is 3. The molecule has 10 nitrogen and oxygen atoms in total. The maximum absolute atomic E-state index is 11.8. The Balaban J connectivity index is 2.22. The Morgan fingerprint density at radius 1 is 1.19 bits per heavy atom. The fourth-order valence-corrected chi connectivity index (χ4v) is 3.08. The highest BCUT2D eigenvalue weighted by molar-refractivity contribution is 7.85. The lowest BCUT2D eigenvalue weighted by molar-refractivity contribution is 0.0586. The predicted molar refractivity (Wildman–Crippen MR) is 95.8 cm³/mol. The number of aromatic nitrogens is 1. The number of hydrogen-bond donors (Lipinski definition) is 1. The summed E-state index contributed by atoms with van der Waals surface area (Å²) >= 11 is 0. The highest BCUT2D eigenvalue weighted by atomic mass is 32.2. The van der Waals surface area contributed by atoms with Gasteiger partial charge in [-0.15, -0.1) is 0 Å².